The smallest absolute Gasteiger partial charge is 0.236 e. The molecule has 0 bridgehead atoms. The van der Waals surface area contributed by atoms with E-state index in [9.17, 15) is 0 Å². The van der Waals surface area contributed by atoms with Crippen LogP contribution in [-0.2, 0) is 6.54 Å². The lowest BCUT2D eigenvalue weighted by Gasteiger charge is -2.34. The molecule has 1 fully saturated rings. The molecule has 2 N–H and O–H groups in total. The number of halogens is 2. The van der Waals surface area contributed by atoms with E-state index in [0.717, 1.165) is 36.1 Å². The zero-order valence-corrected chi connectivity index (χ0v) is 14.2. The van der Waals surface area contributed by atoms with E-state index in [1.807, 2.05) is 17.5 Å². The molecule has 1 unspecified atom stereocenters. The first-order valence-electron chi connectivity index (χ1n) is 6.79. The molecule has 0 aromatic carbocycles. The van der Waals surface area contributed by atoms with Crippen molar-refractivity contribution in [2.75, 3.05) is 13.1 Å². The van der Waals surface area contributed by atoms with Gasteiger partial charge in [-0.1, -0.05) is 12.5 Å². The molecule has 118 valence electrons. The van der Waals surface area contributed by atoms with Gasteiger partial charge < -0.3 is 10.2 Å². The van der Waals surface area contributed by atoms with E-state index in [0.29, 0.717) is 6.04 Å². The SMILES string of the molecule is Cl.Cl.NCC1CCCCN1Cc1coc(-c2cccs2)n1. The zero-order valence-electron chi connectivity index (χ0n) is 11.7. The number of hydrogen-bond donors (Lipinski definition) is 1. The number of oxazole rings is 1. The molecule has 1 saturated heterocycles. The van der Waals surface area contributed by atoms with Crippen LogP contribution in [0.1, 0.15) is 25.0 Å². The molecule has 1 aliphatic rings. The summed E-state index contributed by atoms with van der Waals surface area (Å²) in [7, 11) is 0. The Bertz CT molecular complexity index is 518. The lowest BCUT2D eigenvalue weighted by Crippen LogP contribution is -2.43. The Hall–Kier alpha value is -0.590. The minimum Gasteiger partial charge on any atom is -0.444 e. The van der Waals surface area contributed by atoms with E-state index < -0.39 is 0 Å². The van der Waals surface area contributed by atoms with Gasteiger partial charge in [0.25, 0.3) is 0 Å². The maximum Gasteiger partial charge on any atom is 0.236 e. The predicted molar refractivity (Wildman–Crippen MR) is 91.4 cm³/mol. The number of nitrogens with two attached hydrogens (primary N) is 1. The molecule has 0 aliphatic carbocycles. The molecule has 0 saturated carbocycles. The summed E-state index contributed by atoms with van der Waals surface area (Å²) >= 11 is 1.65. The fourth-order valence-electron chi connectivity index (χ4n) is 2.64. The van der Waals surface area contributed by atoms with Crippen LogP contribution in [-0.4, -0.2) is 29.0 Å². The molecule has 21 heavy (non-hydrogen) atoms. The molecule has 2 aromatic rings. The Balaban J connectivity index is 0.00000110. The third-order valence-corrected chi connectivity index (χ3v) is 4.53. The molecule has 4 nitrogen and oxygen atoms in total. The van der Waals surface area contributed by atoms with Crippen LogP contribution >= 0.6 is 36.2 Å². The number of aromatic nitrogens is 1. The van der Waals surface area contributed by atoms with Crippen molar-refractivity contribution in [3.63, 3.8) is 0 Å². The van der Waals surface area contributed by atoms with E-state index in [2.05, 4.69) is 9.88 Å². The standard InChI is InChI=1S/C14H19N3OS.2ClH/c15-8-12-4-1-2-6-17(12)9-11-10-18-14(16-11)13-5-3-7-19-13;;/h3,5,7,10,12H,1-2,4,6,8-9,15H2;2*1H. The van der Waals surface area contributed by atoms with Crippen molar-refractivity contribution in [3.8, 4) is 10.8 Å². The Morgan fingerprint density at radius 3 is 2.95 bits per heavy atom. The summed E-state index contributed by atoms with van der Waals surface area (Å²) in [6, 6.07) is 4.54. The lowest BCUT2D eigenvalue weighted by molar-refractivity contribution is 0.143. The number of likely N-dealkylation sites (tertiary alicyclic amines) is 1. The fraction of sp³-hybridized carbons (Fsp3) is 0.500. The highest BCUT2D eigenvalue weighted by molar-refractivity contribution is 7.13. The molecule has 3 heterocycles. The van der Waals surface area contributed by atoms with Crippen LogP contribution in [0.2, 0.25) is 0 Å². The normalized spacial score (nSPS) is 18.8. The molecule has 1 aliphatic heterocycles. The van der Waals surface area contributed by atoms with Gasteiger partial charge >= 0.3 is 0 Å². The summed E-state index contributed by atoms with van der Waals surface area (Å²) in [6.07, 6.45) is 5.52. The Morgan fingerprint density at radius 1 is 1.38 bits per heavy atom. The average molecular weight is 350 g/mol. The summed E-state index contributed by atoms with van der Waals surface area (Å²) in [4.78, 5) is 8.09. The molecular formula is C14H21Cl2N3OS. The van der Waals surface area contributed by atoms with Crippen LogP contribution in [0.15, 0.2) is 28.2 Å². The van der Waals surface area contributed by atoms with Gasteiger partial charge in [0.2, 0.25) is 5.89 Å². The van der Waals surface area contributed by atoms with Crippen molar-refractivity contribution in [2.24, 2.45) is 5.73 Å². The quantitative estimate of drug-likeness (QED) is 0.916. The maximum atomic E-state index is 5.85. The Kier molecular flexibility index (Phi) is 7.70. The maximum absolute atomic E-state index is 5.85. The molecule has 3 rings (SSSR count). The van der Waals surface area contributed by atoms with Gasteiger partial charge in [-0.25, -0.2) is 4.98 Å². The summed E-state index contributed by atoms with van der Waals surface area (Å²) in [5.74, 6) is 0.728. The summed E-state index contributed by atoms with van der Waals surface area (Å²) in [5, 5.41) is 2.04. The molecule has 0 radical (unpaired) electrons. The van der Waals surface area contributed by atoms with Crippen molar-refractivity contribution in [2.45, 2.75) is 31.8 Å². The second-order valence-electron chi connectivity index (χ2n) is 4.98. The third-order valence-electron chi connectivity index (χ3n) is 3.67. The molecular weight excluding hydrogens is 329 g/mol. The first-order chi connectivity index (χ1) is 9.36. The van der Waals surface area contributed by atoms with Crippen molar-refractivity contribution >= 4 is 36.2 Å². The second kappa shape index (κ2) is 8.76. The van der Waals surface area contributed by atoms with E-state index in [1.54, 1.807) is 17.6 Å². The number of nitrogens with zero attached hydrogens (tertiary/aromatic N) is 2. The van der Waals surface area contributed by atoms with Gasteiger partial charge in [-0.15, -0.1) is 36.2 Å². The average Bonchev–Trinajstić information content (AvgIpc) is 3.09. The largest absolute Gasteiger partial charge is 0.444 e. The molecule has 1 atom stereocenters. The van der Waals surface area contributed by atoms with Crippen molar-refractivity contribution in [1.29, 1.82) is 0 Å². The van der Waals surface area contributed by atoms with E-state index in [-0.39, 0.29) is 24.8 Å². The van der Waals surface area contributed by atoms with E-state index >= 15 is 0 Å². The van der Waals surface area contributed by atoms with Crippen LogP contribution in [0.4, 0.5) is 0 Å². The minimum atomic E-state index is 0. The Morgan fingerprint density at radius 2 is 2.24 bits per heavy atom. The van der Waals surface area contributed by atoms with Crippen LogP contribution in [0.3, 0.4) is 0 Å². The molecule has 7 heteroatoms. The summed E-state index contributed by atoms with van der Waals surface area (Å²) in [5.41, 5.74) is 6.85. The monoisotopic (exact) mass is 349 g/mol. The highest BCUT2D eigenvalue weighted by Crippen LogP contribution is 2.25. The van der Waals surface area contributed by atoms with Crippen molar-refractivity contribution in [1.82, 2.24) is 9.88 Å². The van der Waals surface area contributed by atoms with Gasteiger partial charge in [-0.2, -0.15) is 0 Å². The van der Waals surface area contributed by atoms with Gasteiger partial charge in [0.05, 0.1) is 10.6 Å². The first-order valence-corrected chi connectivity index (χ1v) is 7.67. The highest BCUT2D eigenvalue weighted by Gasteiger charge is 2.22. The van der Waals surface area contributed by atoms with Crippen LogP contribution in [0, 0.1) is 0 Å². The van der Waals surface area contributed by atoms with E-state index in [1.165, 1.54) is 19.3 Å². The van der Waals surface area contributed by atoms with Crippen LogP contribution < -0.4 is 5.73 Å². The van der Waals surface area contributed by atoms with Gasteiger partial charge in [-0.05, 0) is 30.8 Å². The van der Waals surface area contributed by atoms with Crippen LogP contribution in [0.25, 0.3) is 10.8 Å². The number of hydrogen-bond acceptors (Lipinski definition) is 5. The van der Waals surface area contributed by atoms with Gasteiger partial charge in [0, 0.05) is 19.1 Å². The summed E-state index contributed by atoms with van der Waals surface area (Å²) < 4.78 is 5.56. The van der Waals surface area contributed by atoms with Crippen LogP contribution in [0.5, 0.6) is 0 Å². The first kappa shape index (κ1) is 18.5. The second-order valence-corrected chi connectivity index (χ2v) is 5.92. The highest BCUT2D eigenvalue weighted by atomic mass is 35.5. The third kappa shape index (κ3) is 4.44. The fourth-order valence-corrected chi connectivity index (χ4v) is 3.29. The van der Waals surface area contributed by atoms with Crippen molar-refractivity contribution < 1.29 is 4.42 Å². The molecule has 0 spiro atoms. The molecule has 2 aromatic heterocycles. The lowest BCUT2D eigenvalue weighted by atomic mass is 10.0. The zero-order chi connectivity index (χ0) is 13.1. The Labute approximate surface area is 141 Å². The number of rotatable bonds is 4. The predicted octanol–water partition coefficient (Wildman–Crippen LogP) is 3.56. The van der Waals surface area contributed by atoms with Gasteiger partial charge in [0.1, 0.15) is 6.26 Å². The summed E-state index contributed by atoms with van der Waals surface area (Å²) in [6.45, 7) is 2.69. The molecule has 0 amide bonds. The number of piperidine rings is 1. The van der Waals surface area contributed by atoms with Gasteiger partial charge in [-0.3, -0.25) is 4.90 Å². The van der Waals surface area contributed by atoms with E-state index in [4.69, 9.17) is 10.2 Å². The topological polar surface area (TPSA) is 55.3 Å². The number of thiophene rings is 1. The van der Waals surface area contributed by atoms with Crippen molar-refractivity contribution in [3.05, 3.63) is 29.5 Å². The van der Waals surface area contributed by atoms with Gasteiger partial charge in [0.15, 0.2) is 0 Å². The minimum absolute atomic E-state index is 0.